The molecule has 0 aromatic carbocycles. The molecule has 13 heavy (non-hydrogen) atoms. The summed E-state index contributed by atoms with van der Waals surface area (Å²) in [6, 6.07) is 0. The van der Waals surface area contributed by atoms with Crippen LogP contribution in [0.15, 0.2) is 0 Å². The van der Waals surface area contributed by atoms with Crippen LogP contribution >= 0.6 is 0 Å². The summed E-state index contributed by atoms with van der Waals surface area (Å²) in [7, 11) is 0. The Bertz CT molecular complexity index is 145. The minimum atomic E-state index is -1.67. The van der Waals surface area contributed by atoms with Gasteiger partial charge in [-0.1, -0.05) is 20.8 Å². The highest BCUT2D eigenvalue weighted by Crippen LogP contribution is 2.30. The van der Waals surface area contributed by atoms with Crippen LogP contribution in [0.25, 0.3) is 0 Å². The molecule has 0 aliphatic rings. The van der Waals surface area contributed by atoms with Crippen molar-refractivity contribution in [2.75, 3.05) is 0 Å². The molecule has 0 aliphatic carbocycles. The van der Waals surface area contributed by atoms with Crippen molar-refractivity contribution in [3.8, 4) is 0 Å². The summed E-state index contributed by atoms with van der Waals surface area (Å²) in [6.45, 7) is 9.47. The first-order chi connectivity index (χ1) is 5.41. The molecule has 0 amide bonds. The van der Waals surface area contributed by atoms with Crippen LogP contribution in [-0.4, -0.2) is 11.3 Å². The van der Waals surface area contributed by atoms with E-state index in [0.29, 0.717) is 0 Å². The van der Waals surface area contributed by atoms with E-state index in [4.69, 9.17) is 11.5 Å². The summed E-state index contributed by atoms with van der Waals surface area (Å²) in [5, 5.41) is 0. The molecule has 2 unspecified atom stereocenters. The van der Waals surface area contributed by atoms with Gasteiger partial charge in [-0.2, -0.15) is 0 Å². The van der Waals surface area contributed by atoms with Crippen molar-refractivity contribution in [2.45, 2.75) is 58.8 Å². The average molecular weight is 190 g/mol. The Morgan fingerprint density at radius 2 is 1.31 bits per heavy atom. The Balaban J connectivity index is 4.25. The van der Waals surface area contributed by atoms with Gasteiger partial charge in [0, 0.05) is 12.0 Å². The van der Waals surface area contributed by atoms with Gasteiger partial charge >= 0.3 is 0 Å². The molecule has 0 rings (SSSR count). The van der Waals surface area contributed by atoms with Crippen molar-refractivity contribution >= 4 is 0 Å². The van der Waals surface area contributed by atoms with Crippen molar-refractivity contribution in [2.24, 2.45) is 16.9 Å². The van der Waals surface area contributed by atoms with Crippen LogP contribution in [0.1, 0.15) is 47.5 Å². The molecule has 0 bridgehead atoms. The highest BCUT2D eigenvalue weighted by molar-refractivity contribution is 4.89. The minimum Gasteiger partial charge on any atom is -0.325 e. The maximum Gasteiger partial charge on any atom is 0.158 e. The monoisotopic (exact) mass is 190 g/mol. The van der Waals surface area contributed by atoms with Crippen molar-refractivity contribution in [1.29, 1.82) is 0 Å². The fraction of sp³-hybridized carbons (Fsp3) is 1.00. The summed E-state index contributed by atoms with van der Waals surface area (Å²) < 4.78 is 13.2. The molecular weight excluding hydrogens is 167 g/mol. The third-order valence-corrected chi connectivity index (χ3v) is 1.68. The second-order valence-electron chi connectivity index (χ2n) is 5.85. The van der Waals surface area contributed by atoms with Gasteiger partial charge in [0.05, 0.1) is 0 Å². The standard InChI is InChI=1S/C10H23FN2/c1-8(2,3)6-9(4,12)7-10(5,11)13/h6-7,12-13H2,1-5H3. The van der Waals surface area contributed by atoms with Gasteiger partial charge in [0.15, 0.2) is 5.79 Å². The summed E-state index contributed by atoms with van der Waals surface area (Å²) in [5.74, 6) is -1.67. The molecule has 0 heterocycles. The Morgan fingerprint density at radius 3 is 1.54 bits per heavy atom. The zero-order chi connectivity index (χ0) is 10.9. The van der Waals surface area contributed by atoms with Crippen LogP contribution in [0.4, 0.5) is 4.39 Å². The van der Waals surface area contributed by atoms with Gasteiger partial charge in [0.25, 0.3) is 0 Å². The van der Waals surface area contributed by atoms with Gasteiger partial charge in [0.1, 0.15) is 0 Å². The lowest BCUT2D eigenvalue weighted by atomic mass is 9.78. The van der Waals surface area contributed by atoms with Crippen LogP contribution < -0.4 is 11.5 Å². The molecule has 2 nitrogen and oxygen atoms in total. The van der Waals surface area contributed by atoms with E-state index < -0.39 is 11.3 Å². The first-order valence-electron chi connectivity index (χ1n) is 4.68. The summed E-state index contributed by atoms with van der Waals surface area (Å²) >= 11 is 0. The van der Waals surface area contributed by atoms with E-state index in [2.05, 4.69) is 20.8 Å². The number of rotatable bonds is 3. The SMILES string of the molecule is CC(C)(C)CC(C)(N)CC(C)(N)F. The maximum absolute atomic E-state index is 13.2. The highest BCUT2D eigenvalue weighted by atomic mass is 19.1. The average Bonchev–Trinajstić information content (AvgIpc) is 1.43. The molecule has 0 saturated carbocycles. The molecule has 0 aliphatic heterocycles. The summed E-state index contributed by atoms with van der Waals surface area (Å²) in [6.07, 6.45) is 0.952. The van der Waals surface area contributed by atoms with E-state index in [0.717, 1.165) is 6.42 Å². The molecule has 0 aromatic heterocycles. The van der Waals surface area contributed by atoms with Crippen LogP contribution in [0, 0.1) is 5.41 Å². The van der Waals surface area contributed by atoms with E-state index in [9.17, 15) is 4.39 Å². The normalized spacial score (nSPS) is 22.2. The first kappa shape index (κ1) is 12.8. The lowest BCUT2D eigenvalue weighted by molar-refractivity contribution is 0.123. The third-order valence-electron chi connectivity index (χ3n) is 1.68. The van der Waals surface area contributed by atoms with Crippen molar-refractivity contribution in [3.05, 3.63) is 0 Å². The van der Waals surface area contributed by atoms with Gasteiger partial charge in [-0.25, -0.2) is 4.39 Å². The second-order valence-corrected chi connectivity index (χ2v) is 5.85. The first-order valence-corrected chi connectivity index (χ1v) is 4.68. The fourth-order valence-electron chi connectivity index (χ4n) is 2.06. The van der Waals surface area contributed by atoms with E-state index in [1.165, 1.54) is 6.92 Å². The minimum absolute atomic E-state index is 0.106. The lowest BCUT2D eigenvalue weighted by Gasteiger charge is -2.35. The van der Waals surface area contributed by atoms with Gasteiger partial charge in [-0.15, -0.1) is 0 Å². The Labute approximate surface area is 80.9 Å². The van der Waals surface area contributed by atoms with Crippen molar-refractivity contribution < 1.29 is 4.39 Å². The third kappa shape index (κ3) is 8.19. The molecule has 0 spiro atoms. The molecule has 0 saturated heterocycles. The van der Waals surface area contributed by atoms with E-state index in [1.54, 1.807) is 0 Å². The van der Waals surface area contributed by atoms with Gasteiger partial charge in [0.2, 0.25) is 0 Å². The fourth-order valence-corrected chi connectivity index (χ4v) is 2.06. The van der Waals surface area contributed by atoms with E-state index in [1.807, 2.05) is 6.92 Å². The Morgan fingerprint density at radius 1 is 0.923 bits per heavy atom. The lowest BCUT2D eigenvalue weighted by Crippen LogP contribution is -2.48. The topological polar surface area (TPSA) is 52.0 Å². The van der Waals surface area contributed by atoms with E-state index >= 15 is 0 Å². The number of nitrogens with two attached hydrogens (primary N) is 2. The number of alkyl halides is 1. The predicted octanol–water partition coefficient (Wildman–Crippen LogP) is 2.17. The highest BCUT2D eigenvalue weighted by Gasteiger charge is 2.32. The molecule has 2 atom stereocenters. The van der Waals surface area contributed by atoms with Crippen LogP contribution in [0.2, 0.25) is 0 Å². The molecule has 3 heteroatoms. The van der Waals surface area contributed by atoms with Crippen molar-refractivity contribution in [3.63, 3.8) is 0 Å². The maximum atomic E-state index is 13.2. The largest absolute Gasteiger partial charge is 0.325 e. The molecule has 0 aromatic rings. The van der Waals surface area contributed by atoms with Crippen LogP contribution in [0.3, 0.4) is 0 Å². The number of hydrogen-bond donors (Lipinski definition) is 2. The van der Waals surface area contributed by atoms with Crippen LogP contribution in [-0.2, 0) is 0 Å². The molecular formula is C10H23FN2. The van der Waals surface area contributed by atoms with Crippen molar-refractivity contribution in [1.82, 2.24) is 0 Å². The van der Waals surface area contributed by atoms with Crippen LogP contribution in [0.5, 0.6) is 0 Å². The van der Waals surface area contributed by atoms with Gasteiger partial charge < -0.3 is 5.73 Å². The number of halogens is 1. The zero-order valence-electron chi connectivity index (χ0n) is 9.45. The zero-order valence-corrected chi connectivity index (χ0v) is 9.45. The predicted molar refractivity (Wildman–Crippen MR) is 55.0 cm³/mol. The molecule has 0 fully saturated rings. The summed E-state index contributed by atoms with van der Waals surface area (Å²) in [4.78, 5) is 0. The second kappa shape index (κ2) is 3.54. The molecule has 80 valence electrons. The Hall–Kier alpha value is -0.150. The quantitative estimate of drug-likeness (QED) is 0.670. The Kier molecular flexibility index (Phi) is 3.50. The molecule has 0 radical (unpaired) electrons. The number of hydrogen-bond acceptors (Lipinski definition) is 2. The summed E-state index contributed by atoms with van der Waals surface area (Å²) in [5.41, 5.74) is 10.8. The smallest absolute Gasteiger partial charge is 0.158 e. The molecule has 4 N–H and O–H groups in total. The van der Waals surface area contributed by atoms with Gasteiger partial charge in [-0.3, -0.25) is 5.73 Å². The van der Waals surface area contributed by atoms with Gasteiger partial charge in [-0.05, 0) is 25.7 Å². The van der Waals surface area contributed by atoms with E-state index in [-0.39, 0.29) is 11.8 Å².